The Labute approximate surface area is 178 Å². The van der Waals surface area contributed by atoms with Gasteiger partial charge in [0.15, 0.2) is 0 Å². The molecule has 0 amide bonds. The zero-order valence-corrected chi connectivity index (χ0v) is 17.5. The van der Waals surface area contributed by atoms with Gasteiger partial charge in [0.2, 0.25) is 0 Å². The van der Waals surface area contributed by atoms with Crippen LogP contribution >= 0.6 is 0 Å². The molecule has 0 N–H and O–H groups in total. The average Bonchev–Trinajstić information content (AvgIpc) is 2.52. The van der Waals surface area contributed by atoms with Crippen LogP contribution in [0.1, 0.15) is 11.1 Å². The number of rotatable bonds is 6. The summed E-state index contributed by atoms with van der Waals surface area (Å²) in [6, 6.07) is 16.9. The molecule has 5 heteroatoms. The molecule has 22 heavy (non-hydrogen) atoms. The quantitative estimate of drug-likeness (QED) is 0.485. The summed E-state index contributed by atoms with van der Waals surface area (Å²) >= 11 is 0. The number of carboxylic acid groups (broad SMARTS) is 1. The molecule has 0 aromatic heterocycles. The monoisotopic (exact) mass is 368 g/mol. The number of hydrogen-bond donors (Lipinski definition) is 0. The van der Waals surface area contributed by atoms with Crippen LogP contribution in [0.2, 0.25) is 0 Å². The maximum absolute atomic E-state index is 10.7. The van der Waals surface area contributed by atoms with Crippen LogP contribution < -0.4 is 68.0 Å². The van der Waals surface area contributed by atoms with Crippen LogP contribution in [0, 0.1) is 0 Å². The molecule has 0 heterocycles. The van der Waals surface area contributed by atoms with E-state index >= 15 is 0 Å². The Bertz CT molecular complexity index is 621. The standard InChI is InChI=1S/C17H16O4.Rb/c1-20-16(17(18)19)11-13-7-9-15(10-8-13)21-12-14-5-3-2-4-6-14;/h2-11H,12H2,1H3,(H,18,19);/q;+1/p-1/b16-11-;. The Morgan fingerprint density at radius 1 is 1.09 bits per heavy atom. The number of carboxylic acids is 1. The van der Waals surface area contributed by atoms with Crippen LogP contribution in [0.3, 0.4) is 0 Å². The van der Waals surface area contributed by atoms with Crippen molar-refractivity contribution >= 4 is 12.0 Å². The van der Waals surface area contributed by atoms with Gasteiger partial charge in [0.1, 0.15) is 24.1 Å². The van der Waals surface area contributed by atoms with Gasteiger partial charge in [0.05, 0.1) is 7.11 Å². The molecule has 0 saturated heterocycles. The van der Waals surface area contributed by atoms with Gasteiger partial charge in [-0.1, -0.05) is 42.5 Å². The third-order valence-electron chi connectivity index (χ3n) is 2.85. The van der Waals surface area contributed by atoms with Crippen molar-refractivity contribution in [3.8, 4) is 5.75 Å². The van der Waals surface area contributed by atoms with Gasteiger partial charge in [0.25, 0.3) is 0 Å². The van der Waals surface area contributed by atoms with Crippen LogP contribution in [-0.4, -0.2) is 13.1 Å². The smallest absolute Gasteiger partial charge is 0.542 e. The fraction of sp³-hybridized carbons (Fsp3) is 0.118. The second kappa shape index (κ2) is 9.95. The van der Waals surface area contributed by atoms with Crippen molar-refractivity contribution in [1.82, 2.24) is 0 Å². The van der Waals surface area contributed by atoms with Crippen molar-refractivity contribution in [2.24, 2.45) is 0 Å². The van der Waals surface area contributed by atoms with Crippen LogP contribution in [0.15, 0.2) is 60.4 Å². The molecular formula is C17H15O4Rb. The SMILES string of the molecule is CO/C(=C\c1ccc(OCc2ccccc2)cc1)C(=O)[O-].[Rb+]. The van der Waals surface area contributed by atoms with Crippen LogP contribution in [0.25, 0.3) is 6.08 Å². The van der Waals surface area contributed by atoms with Crippen molar-refractivity contribution in [1.29, 1.82) is 0 Å². The molecule has 2 rings (SSSR count). The fourth-order valence-electron chi connectivity index (χ4n) is 1.75. The molecule has 0 saturated carbocycles. The molecular weight excluding hydrogens is 354 g/mol. The Morgan fingerprint density at radius 2 is 1.73 bits per heavy atom. The summed E-state index contributed by atoms with van der Waals surface area (Å²) < 4.78 is 10.4. The molecule has 0 aliphatic rings. The minimum Gasteiger partial charge on any atom is -0.542 e. The predicted molar refractivity (Wildman–Crippen MR) is 77.2 cm³/mol. The Balaban J connectivity index is 0.00000242. The first kappa shape index (κ1) is 19.1. The number of methoxy groups -OCH3 is 1. The fourth-order valence-corrected chi connectivity index (χ4v) is 1.75. The van der Waals surface area contributed by atoms with E-state index in [2.05, 4.69) is 0 Å². The normalized spacial score (nSPS) is 10.5. The van der Waals surface area contributed by atoms with E-state index < -0.39 is 5.97 Å². The van der Waals surface area contributed by atoms with Crippen molar-refractivity contribution < 1.29 is 77.6 Å². The van der Waals surface area contributed by atoms with Crippen LogP contribution in [-0.2, 0) is 16.1 Å². The zero-order chi connectivity index (χ0) is 15.1. The average molecular weight is 369 g/mol. The van der Waals surface area contributed by atoms with Gasteiger partial charge in [-0.15, -0.1) is 0 Å². The van der Waals surface area contributed by atoms with Gasteiger partial charge in [-0.3, -0.25) is 0 Å². The summed E-state index contributed by atoms with van der Waals surface area (Å²) in [6.07, 6.45) is 1.40. The summed E-state index contributed by atoms with van der Waals surface area (Å²) in [4.78, 5) is 10.7. The molecule has 0 bridgehead atoms. The summed E-state index contributed by atoms with van der Waals surface area (Å²) in [5.41, 5.74) is 1.78. The van der Waals surface area contributed by atoms with E-state index in [4.69, 9.17) is 9.47 Å². The molecule has 0 unspecified atom stereocenters. The van der Waals surface area contributed by atoms with Crippen molar-refractivity contribution in [3.63, 3.8) is 0 Å². The maximum atomic E-state index is 10.7. The molecule has 0 aliphatic carbocycles. The van der Waals surface area contributed by atoms with Gasteiger partial charge >= 0.3 is 58.2 Å². The van der Waals surface area contributed by atoms with Crippen molar-refractivity contribution in [3.05, 3.63) is 71.5 Å². The molecule has 2 aromatic rings. The molecule has 0 spiro atoms. The molecule has 2 aromatic carbocycles. The van der Waals surface area contributed by atoms with Gasteiger partial charge < -0.3 is 19.4 Å². The Morgan fingerprint density at radius 3 is 2.27 bits per heavy atom. The van der Waals surface area contributed by atoms with Gasteiger partial charge in [0, 0.05) is 0 Å². The molecule has 0 fully saturated rings. The molecule has 0 atom stereocenters. The minimum atomic E-state index is -1.35. The topological polar surface area (TPSA) is 58.6 Å². The zero-order valence-electron chi connectivity index (χ0n) is 12.6. The Kier molecular flexibility index (Phi) is 8.64. The first-order chi connectivity index (χ1) is 10.2. The van der Waals surface area contributed by atoms with Crippen LogP contribution in [0.4, 0.5) is 0 Å². The molecule has 4 nitrogen and oxygen atoms in total. The second-order valence-corrected chi connectivity index (χ2v) is 4.34. The van der Waals surface area contributed by atoms with Gasteiger partial charge in [-0.25, -0.2) is 0 Å². The largest absolute Gasteiger partial charge is 1.00 e. The first-order valence-electron chi connectivity index (χ1n) is 6.43. The number of aliphatic carboxylic acids is 1. The molecule has 108 valence electrons. The number of benzene rings is 2. The van der Waals surface area contributed by atoms with Gasteiger partial charge in [-0.05, 0) is 29.3 Å². The third-order valence-corrected chi connectivity index (χ3v) is 2.85. The van der Waals surface area contributed by atoms with E-state index in [0.29, 0.717) is 17.9 Å². The first-order valence-corrected chi connectivity index (χ1v) is 6.43. The number of carbonyl (C=O) groups is 1. The predicted octanol–water partition coefficient (Wildman–Crippen LogP) is -0.993. The summed E-state index contributed by atoms with van der Waals surface area (Å²) in [5.74, 6) is -0.849. The summed E-state index contributed by atoms with van der Waals surface area (Å²) in [7, 11) is 1.29. The van der Waals surface area contributed by atoms with E-state index in [9.17, 15) is 9.90 Å². The summed E-state index contributed by atoms with van der Waals surface area (Å²) in [5, 5.41) is 10.7. The second-order valence-electron chi connectivity index (χ2n) is 4.34. The maximum Gasteiger partial charge on any atom is 1.00 e. The Hall–Kier alpha value is -0.945. The van der Waals surface area contributed by atoms with E-state index in [0.717, 1.165) is 5.56 Å². The van der Waals surface area contributed by atoms with Gasteiger partial charge in [-0.2, -0.15) is 0 Å². The van der Waals surface area contributed by atoms with Crippen molar-refractivity contribution in [2.75, 3.05) is 7.11 Å². The number of hydrogen-bond acceptors (Lipinski definition) is 4. The van der Waals surface area contributed by atoms with E-state index in [1.54, 1.807) is 24.3 Å². The van der Waals surface area contributed by atoms with E-state index in [1.165, 1.54) is 13.2 Å². The summed E-state index contributed by atoms with van der Waals surface area (Å²) in [6.45, 7) is 0.485. The van der Waals surface area contributed by atoms with E-state index in [1.807, 2.05) is 30.3 Å². The number of ether oxygens (including phenoxy) is 2. The minimum absolute atomic E-state index is 0. The molecule has 0 radical (unpaired) electrons. The third kappa shape index (κ3) is 6.05. The van der Waals surface area contributed by atoms with E-state index in [-0.39, 0.29) is 63.9 Å². The van der Waals surface area contributed by atoms with Crippen molar-refractivity contribution in [2.45, 2.75) is 6.61 Å². The molecule has 0 aliphatic heterocycles. The van der Waals surface area contributed by atoms with Crippen LogP contribution in [0.5, 0.6) is 5.75 Å². The number of carbonyl (C=O) groups excluding carboxylic acids is 1.